The summed E-state index contributed by atoms with van der Waals surface area (Å²) in [4.78, 5) is 0. The number of aryl methyl sites for hydroxylation is 1. The topological polar surface area (TPSA) is 9.23 Å². The van der Waals surface area contributed by atoms with E-state index in [1.807, 2.05) is 24.3 Å². The summed E-state index contributed by atoms with van der Waals surface area (Å²) in [5, 5.41) is 0. The van der Waals surface area contributed by atoms with Crippen molar-refractivity contribution in [3.05, 3.63) is 106 Å². The monoisotopic (exact) mass is 372 g/mol. The first kappa shape index (κ1) is 19.4. The normalized spacial score (nSPS) is 9.86. The molecular weight excluding hydrogens is 354 g/mol. The molecule has 138 valence electrons. The molecular formula is C25H18F2O. The molecule has 0 bridgehead atoms. The average Bonchev–Trinajstić information content (AvgIpc) is 2.69. The average molecular weight is 372 g/mol. The molecule has 0 heterocycles. The molecule has 0 unspecified atom stereocenters. The quantitative estimate of drug-likeness (QED) is 0.561. The van der Waals surface area contributed by atoms with E-state index in [2.05, 4.69) is 23.7 Å². The van der Waals surface area contributed by atoms with Crippen LogP contribution in [0.3, 0.4) is 0 Å². The van der Waals surface area contributed by atoms with Crippen molar-refractivity contribution in [1.82, 2.24) is 0 Å². The minimum atomic E-state index is -0.456. The largest absolute Gasteiger partial charge is 0.380 e. The van der Waals surface area contributed by atoms with Gasteiger partial charge >= 0.3 is 0 Å². The van der Waals surface area contributed by atoms with Crippen molar-refractivity contribution < 1.29 is 13.5 Å². The Morgan fingerprint density at radius 1 is 0.714 bits per heavy atom. The molecule has 0 radical (unpaired) electrons. The van der Waals surface area contributed by atoms with Crippen LogP contribution < -0.4 is 0 Å². The van der Waals surface area contributed by atoms with Crippen molar-refractivity contribution in [2.45, 2.75) is 13.5 Å². The summed E-state index contributed by atoms with van der Waals surface area (Å²) < 4.78 is 32.9. The van der Waals surface area contributed by atoms with Crippen molar-refractivity contribution in [2.24, 2.45) is 0 Å². The molecule has 0 saturated carbocycles. The van der Waals surface area contributed by atoms with Crippen molar-refractivity contribution in [2.75, 3.05) is 7.11 Å². The van der Waals surface area contributed by atoms with E-state index in [0.29, 0.717) is 23.3 Å². The van der Waals surface area contributed by atoms with Gasteiger partial charge < -0.3 is 4.74 Å². The lowest BCUT2D eigenvalue weighted by atomic mass is 10.1. The number of halogens is 2. The van der Waals surface area contributed by atoms with E-state index < -0.39 is 5.82 Å². The first-order valence-corrected chi connectivity index (χ1v) is 8.73. The Labute approximate surface area is 164 Å². The van der Waals surface area contributed by atoms with Gasteiger partial charge in [-0.1, -0.05) is 41.9 Å². The van der Waals surface area contributed by atoms with E-state index in [4.69, 9.17) is 4.74 Å². The fourth-order valence-corrected chi connectivity index (χ4v) is 2.50. The first-order valence-electron chi connectivity index (χ1n) is 8.73. The van der Waals surface area contributed by atoms with E-state index in [9.17, 15) is 8.78 Å². The number of hydrogen-bond acceptors (Lipinski definition) is 1. The van der Waals surface area contributed by atoms with E-state index in [1.54, 1.807) is 38.3 Å². The molecule has 0 aromatic heterocycles. The number of benzene rings is 3. The summed E-state index contributed by atoms with van der Waals surface area (Å²) in [6, 6.07) is 17.0. The standard InChI is InChI=1S/C25H18F2O/c1-18-3-4-20(15-24(18)26)11-13-23-14-12-21(16-25(23)27)8-5-19-6-9-22(10-7-19)17-28-2/h3-4,6-7,9-10,12,14-16H,17H2,1-2H3. The lowest BCUT2D eigenvalue weighted by Gasteiger charge is -1.99. The molecule has 0 aliphatic rings. The van der Waals surface area contributed by atoms with Crippen LogP contribution in [0.2, 0.25) is 0 Å². The fraction of sp³-hybridized carbons (Fsp3) is 0.120. The van der Waals surface area contributed by atoms with Crippen LogP contribution >= 0.6 is 0 Å². The van der Waals surface area contributed by atoms with Crippen LogP contribution in [0.25, 0.3) is 0 Å². The van der Waals surface area contributed by atoms with Gasteiger partial charge in [0.05, 0.1) is 12.2 Å². The van der Waals surface area contributed by atoms with Crippen LogP contribution in [-0.4, -0.2) is 7.11 Å². The van der Waals surface area contributed by atoms with Crippen LogP contribution in [0.4, 0.5) is 8.78 Å². The molecule has 0 N–H and O–H groups in total. The predicted molar refractivity (Wildman–Crippen MR) is 107 cm³/mol. The number of rotatable bonds is 2. The van der Waals surface area contributed by atoms with Gasteiger partial charge in [0.1, 0.15) is 11.6 Å². The maximum atomic E-state index is 14.3. The molecule has 0 atom stereocenters. The molecule has 3 aromatic carbocycles. The lowest BCUT2D eigenvalue weighted by Crippen LogP contribution is -1.88. The van der Waals surface area contributed by atoms with Crippen LogP contribution in [0.5, 0.6) is 0 Å². The van der Waals surface area contributed by atoms with Gasteiger partial charge in [-0.05, 0) is 60.5 Å². The summed E-state index contributed by atoms with van der Waals surface area (Å²) >= 11 is 0. The Balaban J connectivity index is 1.76. The molecule has 0 aliphatic carbocycles. The predicted octanol–water partition coefficient (Wildman–Crippen LogP) is 5.22. The molecule has 0 fully saturated rings. The van der Waals surface area contributed by atoms with E-state index in [1.165, 1.54) is 12.1 Å². The van der Waals surface area contributed by atoms with Crippen LogP contribution in [-0.2, 0) is 11.3 Å². The van der Waals surface area contributed by atoms with Gasteiger partial charge in [-0.3, -0.25) is 0 Å². The highest BCUT2D eigenvalue weighted by molar-refractivity contribution is 5.49. The highest BCUT2D eigenvalue weighted by atomic mass is 19.1. The fourth-order valence-electron chi connectivity index (χ4n) is 2.50. The molecule has 0 amide bonds. The molecule has 1 nitrogen and oxygen atoms in total. The molecule has 0 saturated heterocycles. The van der Waals surface area contributed by atoms with E-state index >= 15 is 0 Å². The molecule has 3 aromatic rings. The summed E-state index contributed by atoms with van der Waals surface area (Å²) in [5.41, 5.74) is 3.76. The second-order valence-corrected chi connectivity index (χ2v) is 6.29. The third kappa shape index (κ3) is 5.07. The Hall–Kier alpha value is -3.40. The zero-order valence-corrected chi connectivity index (χ0v) is 15.6. The van der Waals surface area contributed by atoms with Crippen molar-refractivity contribution in [1.29, 1.82) is 0 Å². The number of hydrogen-bond donors (Lipinski definition) is 0. The molecule has 3 heteroatoms. The molecule has 0 spiro atoms. The molecule has 3 rings (SSSR count). The van der Waals surface area contributed by atoms with Gasteiger partial charge in [-0.15, -0.1) is 0 Å². The molecule has 28 heavy (non-hydrogen) atoms. The Bertz CT molecular complexity index is 1110. The van der Waals surface area contributed by atoms with Gasteiger partial charge in [-0.25, -0.2) is 8.78 Å². The van der Waals surface area contributed by atoms with E-state index in [-0.39, 0.29) is 11.4 Å². The first-order chi connectivity index (χ1) is 13.5. The maximum absolute atomic E-state index is 14.3. The van der Waals surface area contributed by atoms with Gasteiger partial charge in [0.2, 0.25) is 0 Å². The van der Waals surface area contributed by atoms with Gasteiger partial charge in [0, 0.05) is 23.8 Å². The maximum Gasteiger partial charge on any atom is 0.140 e. The summed E-state index contributed by atoms with van der Waals surface area (Å²) in [6.45, 7) is 2.23. The number of ether oxygens (including phenoxy) is 1. The second-order valence-electron chi connectivity index (χ2n) is 6.29. The van der Waals surface area contributed by atoms with Crippen LogP contribution in [0, 0.1) is 42.2 Å². The smallest absolute Gasteiger partial charge is 0.140 e. The van der Waals surface area contributed by atoms with Gasteiger partial charge in [-0.2, -0.15) is 0 Å². The highest BCUT2D eigenvalue weighted by Gasteiger charge is 2.01. The second kappa shape index (κ2) is 9.00. The Kier molecular flexibility index (Phi) is 6.22. The highest BCUT2D eigenvalue weighted by Crippen LogP contribution is 2.11. The van der Waals surface area contributed by atoms with E-state index in [0.717, 1.165) is 11.1 Å². The molecule has 0 aliphatic heterocycles. The Morgan fingerprint density at radius 2 is 1.29 bits per heavy atom. The third-order valence-corrected chi connectivity index (χ3v) is 4.10. The summed E-state index contributed by atoms with van der Waals surface area (Å²) in [5.74, 6) is 10.7. The van der Waals surface area contributed by atoms with Gasteiger partial charge in [0.15, 0.2) is 0 Å². The zero-order chi connectivity index (χ0) is 19.9. The Morgan fingerprint density at radius 3 is 1.93 bits per heavy atom. The lowest BCUT2D eigenvalue weighted by molar-refractivity contribution is 0.185. The number of methoxy groups -OCH3 is 1. The van der Waals surface area contributed by atoms with Crippen molar-refractivity contribution in [3.8, 4) is 23.7 Å². The minimum Gasteiger partial charge on any atom is -0.380 e. The third-order valence-electron chi connectivity index (χ3n) is 4.10. The van der Waals surface area contributed by atoms with Crippen LogP contribution in [0.15, 0.2) is 60.7 Å². The zero-order valence-electron chi connectivity index (χ0n) is 15.6. The SMILES string of the molecule is COCc1ccc(C#Cc2ccc(C#Cc3ccc(C)c(F)c3)c(F)c2)cc1. The summed E-state index contributed by atoms with van der Waals surface area (Å²) in [6.07, 6.45) is 0. The van der Waals surface area contributed by atoms with Crippen molar-refractivity contribution in [3.63, 3.8) is 0 Å². The van der Waals surface area contributed by atoms with Gasteiger partial charge in [0.25, 0.3) is 0 Å². The summed E-state index contributed by atoms with van der Waals surface area (Å²) in [7, 11) is 1.65. The minimum absolute atomic E-state index is 0.246. The van der Waals surface area contributed by atoms with Crippen molar-refractivity contribution >= 4 is 0 Å². The van der Waals surface area contributed by atoms with Crippen LogP contribution in [0.1, 0.15) is 33.4 Å².